The van der Waals surface area contributed by atoms with Gasteiger partial charge >= 0.3 is 0 Å². The first-order valence-electron chi connectivity index (χ1n) is 5.59. The van der Waals surface area contributed by atoms with E-state index in [-0.39, 0.29) is 5.78 Å². The predicted molar refractivity (Wildman–Crippen MR) is 73.9 cm³/mol. The first-order chi connectivity index (χ1) is 8.24. The van der Waals surface area contributed by atoms with Crippen molar-refractivity contribution < 1.29 is 4.79 Å². The van der Waals surface area contributed by atoms with E-state index in [2.05, 4.69) is 40.2 Å². The highest BCUT2D eigenvalue weighted by molar-refractivity contribution is 9.11. The molecule has 2 aromatic rings. The molecule has 1 unspecified atom stereocenters. The monoisotopic (exact) mass is 306 g/mol. The molecule has 0 spiro atoms. The Balaban J connectivity index is 1.72. The summed E-state index contributed by atoms with van der Waals surface area (Å²) in [6.07, 6.45) is 1.69. The summed E-state index contributed by atoms with van der Waals surface area (Å²) in [6, 6.07) is 10.3. The third-order valence-electron chi connectivity index (χ3n) is 3.28. The number of ketones is 1. The molecule has 3 heteroatoms. The highest BCUT2D eigenvalue weighted by atomic mass is 79.9. The van der Waals surface area contributed by atoms with Gasteiger partial charge < -0.3 is 0 Å². The third-order valence-corrected chi connectivity index (χ3v) is 4.79. The van der Waals surface area contributed by atoms with Crippen LogP contribution >= 0.6 is 27.3 Å². The van der Waals surface area contributed by atoms with Crippen molar-refractivity contribution in [3.63, 3.8) is 0 Å². The van der Waals surface area contributed by atoms with Gasteiger partial charge in [0.25, 0.3) is 0 Å². The van der Waals surface area contributed by atoms with E-state index in [0.717, 1.165) is 15.8 Å². The van der Waals surface area contributed by atoms with Gasteiger partial charge in [-0.05, 0) is 45.5 Å². The molecule has 0 bridgehead atoms. The van der Waals surface area contributed by atoms with Gasteiger partial charge in [0.1, 0.15) is 0 Å². The van der Waals surface area contributed by atoms with Gasteiger partial charge in [-0.15, -0.1) is 11.3 Å². The van der Waals surface area contributed by atoms with Crippen LogP contribution < -0.4 is 0 Å². The SMILES string of the molecule is O=C(CC1Cc2ccccc21)c1csc(Br)c1. The Morgan fingerprint density at radius 2 is 2.24 bits per heavy atom. The minimum absolute atomic E-state index is 0.256. The number of fused-ring (bicyclic) bond motifs is 1. The Morgan fingerprint density at radius 3 is 2.94 bits per heavy atom. The second kappa shape index (κ2) is 4.39. The second-order valence-corrected chi connectivity index (χ2v) is 6.66. The minimum atomic E-state index is 0.256. The number of halogens is 1. The molecule has 0 saturated carbocycles. The zero-order chi connectivity index (χ0) is 11.8. The van der Waals surface area contributed by atoms with E-state index in [1.165, 1.54) is 11.1 Å². The first-order valence-corrected chi connectivity index (χ1v) is 7.26. The van der Waals surface area contributed by atoms with Gasteiger partial charge in [-0.3, -0.25) is 4.79 Å². The molecule has 17 heavy (non-hydrogen) atoms. The normalized spacial score (nSPS) is 17.4. The summed E-state index contributed by atoms with van der Waals surface area (Å²) in [4.78, 5) is 12.1. The molecule has 0 amide bonds. The Kier molecular flexibility index (Phi) is 2.89. The summed E-state index contributed by atoms with van der Waals surface area (Å²) >= 11 is 4.96. The fourth-order valence-corrected chi connectivity index (χ4v) is 3.50. The van der Waals surface area contributed by atoms with E-state index >= 15 is 0 Å². The van der Waals surface area contributed by atoms with Crippen LogP contribution in [0.3, 0.4) is 0 Å². The maximum absolute atomic E-state index is 12.1. The molecule has 0 radical (unpaired) electrons. The lowest BCUT2D eigenvalue weighted by molar-refractivity contribution is 0.0971. The number of hydrogen-bond acceptors (Lipinski definition) is 2. The second-order valence-electron chi connectivity index (χ2n) is 4.37. The van der Waals surface area contributed by atoms with Crippen LogP contribution in [0.5, 0.6) is 0 Å². The highest BCUT2D eigenvalue weighted by Gasteiger charge is 2.27. The molecular formula is C14H11BrOS. The zero-order valence-corrected chi connectivity index (χ0v) is 11.6. The van der Waals surface area contributed by atoms with Crippen molar-refractivity contribution in [1.29, 1.82) is 0 Å². The van der Waals surface area contributed by atoms with E-state index in [1.807, 2.05) is 11.4 Å². The summed E-state index contributed by atoms with van der Waals surface area (Å²) in [5.74, 6) is 0.684. The molecule has 0 aliphatic heterocycles. The molecule has 1 aromatic heterocycles. The summed E-state index contributed by atoms with van der Waals surface area (Å²) in [5, 5.41) is 1.93. The third kappa shape index (κ3) is 2.09. The lowest BCUT2D eigenvalue weighted by Gasteiger charge is -2.29. The van der Waals surface area contributed by atoms with Crippen molar-refractivity contribution in [1.82, 2.24) is 0 Å². The number of carbonyl (C=O) groups excluding carboxylic acids is 1. The Labute approximate surface area is 113 Å². The fraction of sp³-hybridized carbons (Fsp3) is 0.214. The van der Waals surface area contributed by atoms with Crippen molar-refractivity contribution in [3.8, 4) is 0 Å². The number of thiophene rings is 1. The predicted octanol–water partition coefficient (Wildman–Crippen LogP) is 4.42. The van der Waals surface area contributed by atoms with Crippen molar-refractivity contribution in [3.05, 3.63) is 56.2 Å². The quantitative estimate of drug-likeness (QED) is 0.767. The van der Waals surface area contributed by atoms with Gasteiger partial charge in [0.05, 0.1) is 3.79 Å². The van der Waals surface area contributed by atoms with Crippen molar-refractivity contribution in [2.75, 3.05) is 0 Å². The molecule has 1 nitrogen and oxygen atoms in total. The van der Waals surface area contributed by atoms with Gasteiger partial charge in [-0.25, -0.2) is 0 Å². The fourth-order valence-electron chi connectivity index (χ4n) is 2.34. The smallest absolute Gasteiger partial charge is 0.164 e. The van der Waals surface area contributed by atoms with Crippen LogP contribution in [0.2, 0.25) is 0 Å². The van der Waals surface area contributed by atoms with Crippen LogP contribution in [0.4, 0.5) is 0 Å². The average Bonchev–Trinajstić information content (AvgIpc) is 2.73. The van der Waals surface area contributed by atoms with Crippen molar-refractivity contribution in [2.24, 2.45) is 0 Å². The lowest BCUT2D eigenvalue weighted by Crippen LogP contribution is -2.19. The largest absolute Gasteiger partial charge is 0.294 e. The van der Waals surface area contributed by atoms with Crippen LogP contribution in [0.25, 0.3) is 0 Å². The molecule has 1 heterocycles. The van der Waals surface area contributed by atoms with Gasteiger partial charge in [-0.2, -0.15) is 0 Å². The topological polar surface area (TPSA) is 17.1 Å². The van der Waals surface area contributed by atoms with Crippen LogP contribution in [0.1, 0.15) is 33.8 Å². The summed E-state index contributed by atoms with van der Waals surface area (Å²) in [7, 11) is 0. The van der Waals surface area contributed by atoms with Gasteiger partial charge in [0.2, 0.25) is 0 Å². The van der Waals surface area contributed by atoms with E-state index in [1.54, 1.807) is 11.3 Å². The van der Waals surface area contributed by atoms with Crippen molar-refractivity contribution >= 4 is 33.0 Å². The Morgan fingerprint density at radius 1 is 1.41 bits per heavy atom. The lowest BCUT2D eigenvalue weighted by atomic mass is 9.75. The maximum Gasteiger partial charge on any atom is 0.164 e. The van der Waals surface area contributed by atoms with Crippen molar-refractivity contribution in [2.45, 2.75) is 18.8 Å². The number of hydrogen-bond donors (Lipinski definition) is 0. The molecule has 3 rings (SSSR count). The molecule has 0 saturated heterocycles. The Bertz CT molecular complexity index is 573. The number of carbonyl (C=O) groups is 1. The number of Topliss-reactive ketones (excluding diaryl/α,β-unsaturated/α-hetero) is 1. The summed E-state index contributed by atoms with van der Waals surface area (Å²) in [6.45, 7) is 0. The highest BCUT2D eigenvalue weighted by Crippen LogP contribution is 2.38. The first kappa shape index (κ1) is 11.2. The molecule has 0 fully saturated rings. The molecule has 86 valence electrons. The Hall–Kier alpha value is -0.930. The van der Waals surface area contributed by atoms with E-state index < -0.39 is 0 Å². The number of rotatable bonds is 3. The van der Waals surface area contributed by atoms with E-state index in [4.69, 9.17) is 0 Å². The molecule has 1 aromatic carbocycles. The molecule has 1 aliphatic carbocycles. The van der Waals surface area contributed by atoms with Crippen LogP contribution in [-0.4, -0.2) is 5.78 Å². The molecule has 1 aliphatic rings. The standard InChI is InChI=1S/C14H11BrOS/c15-14-7-11(8-17-14)13(16)6-10-5-9-3-1-2-4-12(9)10/h1-4,7-8,10H,5-6H2. The minimum Gasteiger partial charge on any atom is -0.294 e. The van der Waals surface area contributed by atoms with Crippen LogP contribution in [0.15, 0.2) is 39.5 Å². The van der Waals surface area contributed by atoms with Crippen LogP contribution in [-0.2, 0) is 6.42 Å². The zero-order valence-electron chi connectivity index (χ0n) is 9.15. The van der Waals surface area contributed by atoms with Gasteiger partial charge in [0.15, 0.2) is 5.78 Å². The maximum atomic E-state index is 12.1. The number of benzene rings is 1. The molecular weight excluding hydrogens is 296 g/mol. The summed E-state index contributed by atoms with van der Waals surface area (Å²) in [5.41, 5.74) is 3.60. The van der Waals surface area contributed by atoms with Crippen LogP contribution in [0, 0.1) is 0 Å². The average molecular weight is 307 g/mol. The molecule has 0 N–H and O–H groups in total. The van der Waals surface area contributed by atoms with E-state index in [0.29, 0.717) is 12.3 Å². The van der Waals surface area contributed by atoms with Gasteiger partial charge in [0, 0.05) is 17.4 Å². The van der Waals surface area contributed by atoms with Gasteiger partial charge in [-0.1, -0.05) is 24.3 Å². The summed E-state index contributed by atoms with van der Waals surface area (Å²) < 4.78 is 1.02. The van der Waals surface area contributed by atoms with E-state index in [9.17, 15) is 4.79 Å². The molecule has 1 atom stereocenters.